The van der Waals surface area contributed by atoms with Crippen LogP contribution in [0.15, 0.2) is 47.0 Å². The molecule has 1 spiro atoms. The molecule has 0 radical (unpaired) electrons. The fraction of sp³-hybridized carbons (Fsp3) is 0.364. The van der Waals surface area contributed by atoms with Gasteiger partial charge in [0.1, 0.15) is 16.7 Å². The van der Waals surface area contributed by atoms with Crippen molar-refractivity contribution in [3.63, 3.8) is 0 Å². The first-order valence-corrected chi connectivity index (χ1v) is 9.97. The molecule has 0 bridgehead atoms. The number of benzene rings is 1. The van der Waals surface area contributed by atoms with E-state index in [9.17, 15) is 19.2 Å². The second kappa shape index (κ2) is 9.13. The lowest BCUT2D eigenvalue weighted by Gasteiger charge is -2.35. The van der Waals surface area contributed by atoms with Crippen LogP contribution >= 0.6 is 0 Å². The molecule has 3 rings (SSSR count). The number of carbonyl (C=O) groups excluding carboxylic acids is 4. The van der Waals surface area contributed by atoms with Gasteiger partial charge in [-0.05, 0) is 12.5 Å². The van der Waals surface area contributed by atoms with Crippen LogP contribution in [-0.4, -0.2) is 44.6 Å². The first-order valence-electron chi connectivity index (χ1n) is 9.97. The predicted molar refractivity (Wildman–Crippen MR) is 110 cm³/mol. The van der Waals surface area contributed by atoms with E-state index in [2.05, 4.69) is 10.1 Å². The summed E-state index contributed by atoms with van der Waals surface area (Å²) in [4.78, 5) is 51.7. The SMILES string of the molecule is CCCCOC(=O)C1=C(N)Oc2ccccc2[C@]12C(=O)NC(CC(=O)OC)=C2C(=O)OC. The molecule has 170 valence electrons. The summed E-state index contributed by atoms with van der Waals surface area (Å²) in [6.45, 7) is 2.00. The van der Waals surface area contributed by atoms with Gasteiger partial charge in [-0.1, -0.05) is 31.5 Å². The van der Waals surface area contributed by atoms with Crippen LogP contribution in [0.25, 0.3) is 0 Å². The van der Waals surface area contributed by atoms with E-state index in [0.29, 0.717) is 6.42 Å². The largest absolute Gasteiger partial charge is 0.469 e. The predicted octanol–water partition coefficient (Wildman–Crippen LogP) is 0.950. The molecule has 0 aromatic heterocycles. The normalized spacial score (nSPS) is 19.3. The van der Waals surface area contributed by atoms with Crippen molar-refractivity contribution in [3.05, 3.63) is 52.6 Å². The number of amides is 1. The van der Waals surface area contributed by atoms with Crippen molar-refractivity contribution in [1.29, 1.82) is 0 Å². The smallest absolute Gasteiger partial charge is 0.341 e. The number of esters is 3. The summed E-state index contributed by atoms with van der Waals surface area (Å²) in [5.74, 6) is -3.53. The van der Waals surface area contributed by atoms with E-state index in [-0.39, 0.29) is 40.6 Å². The minimum absolute atomic E-state index is 0.0583. The summed E-state index contributed by atoms with van der Waals surface area (Å²) in [5.41, 5.74) is 3.59. The van der Waals surface area contributed by atoms with E-state index in [1.807, 2.05) is 6.92 Å². The molecule has 1 amide bonds. The maximum Gasteiger partial charge on any atom is 0.341 e. The van der Waals surface area contributed by atoms with E-state index in [4.69, 9.17) is 19.9 Å². The molecule has 1 aromatic rings. The van der Waals surface area contributed by atoms with Crippen molar-refractivity contribution in [3.8, 4) is 5.75 Å². The van der Waals surface area contributed by atoms with Gasteiger partial charge in [0.25, 0.3) is 0 Å². The zero-order chi connectivity index (χ0) is 23.5. The topological polar surface area (TPSA) is 143 Å². The van der Waals surface area contributed by atoms with E-state index in [1.54, 1.807) is 18.2 Å². The molecule has 0 unspecified atom stereocenters. The fourth-order valence-electron chi connectivity index (χ4n) is 3.85. The van der Waals surface area contributed by atoms with Gasteiger partial charge in [-0.15, -0.1) is 0 Å². The monoisotopic (exact) mass is 444 g/mol. The zero-order valence-electron chi connectivity index (χ0n) is 18.0. The Kier molecular flexibility index (Phi) is 6.52. The molecule has 2 aliphatic heterocycles. The quantitative estimate of drug-likeness (QED) is 0.357. The summed E-state index contributed by atoms with van der Waals surface area (Å²) in [6.07, 6.45) is 0.918. The van der Waals surface area contributed by atoms with Gasteiger partial charge < -0.3 is 30.0 Å². The third-order valence-electron chi connectivity index (χ3n) is 5.29. The highest BCUT2D eigenvalue weighted by Crippen LogP contribution is 2.52. The third-order valence-corrected chi connectivity index (χ3v) is 5.29. The Bertz CT molecular complexity index is 1040. The van der Waals surface area contributed by atoms with Crippen molar-refractivity contribution >= 4 is 23.8 Å². The number of nitrogens with two attached hydrogens (primary N) is 1. The van der Waals surface area contributed by atoms with Crippen LogP contribution in [0.1, 0.15) is 31.7 Å². The van der Waals surface area contributed by atoms with Crippen LogP contribution in [0.3, 0.4) is 0 Å². The standard InChI is InChI=1S/C22H24N2O8/c1-4-5-10-31-20(27)17-18(23)32-14-9-7-6-8-12(14)22(17)16(19(26)30-3)13(24-21(22)28)11-15(25)29-2/h6-9H,4-5,10-11,23H2,1-3H3,(H,24,28)/t22-/m1/s1. The van der Waals surface area contributed by atoms with Gasteiger partial charge >= 0.3 is 17.9 Å². The maximum atomic E-state index is 13.5. The fourth-order valence-corrected chi connectivity index (χ4v) is 3.85. The highest BCUT2D eigenvalue weighted by atomic mass is 16.5. The van der Waals surface area contributed by atoms with Gasteiger partial charge in [0, 0.05) is 11.3 Å². The summed E-state index contributed by atoms with van der Waals surface area (Å²) in [5, 5.41) is 2.54. The van der Waals surface area contributed by atoms with E-state index >= 15 is 0 Å². The number of carbonyl (C=O) groups is 4. The van der Waals surface area contributed by atoms with E-state index in [0.717, 1.165) is 13.5 Å². The first-order chi connectivity index (χ1) is 15.3. The summed E-state index contributed by atoms with van der Waals surface area (Å²) < 4.78 is 20.6. The lowest BCUT2D eigenvalue weighted by molar-refractivity contribution is -0.142. The van der Waals surface area contributed by atoms with Gasteiger partial charge in [0.05, 0.1) is 32.8 Å². The molecule has 10 nitrogen and oxygen atoms in total. The Morgan fingerprint density at radius 1 is 1.09 bits per heavy atom. The minimum Gasteiger partial charge on any atom is -0.469 e. The van der Waals surface area contributed by atoms with Crippen molar-refractivity contribution in [2.24, 2.45) is 5.73 Å². The van der Waals surface area contributed by atoms with Crippen LogP contribution in [-0.2, 0) is 38.8 Å². The van der Waals surface area contributed by atoms with Gasteiger partial charge in [0.2, 0.25) is 11.8 Å². The second-order valence-electron chi connectivity index (χ2n) is 7.13. The molecule has 0 saturated carbocycles. The molecular formula is C22H24N2O8. The Morgan fingerprint density at radius 2 is 1.81 bits per heavy atom. The number of hydrogen-bond donors (Lipinski definition) is 2. The van der Waals surface area contributed by atoms with Crippen LogP contribution in [0, 0.1) is 0 Å². The Hall–Kier alpha value is -3.82. The molecule has 1 atom stereocenters. The molecule has 1 aromatic carbocycles. The molecule has 0 aliphatic carbocycles. The number of unbranched alkanes of at least 4 members (excludes halogenated alkanes) is 1. The number of methoxy groups -OCH3 is 2. The van der Waals surface area contributed by atoms with Gasteiger partial charge in [-0.2, -0.15) is 0 Å². The number of para-hydroxylation sites is 1. The van der Waals surface area contributed by atoms with Crippen LogP contribution in [0.5, 0.6) is 5.75 Å². The molecule has 2 heterocycles. The Labute approximate surface area is 184 Å². The van der Waals surface area contributed by atoms with Crippen molar-refractivity contribution in [1.82, 2.24) is 5.32 Å². The van der Waals surface area contributed by atoms with Gasteiger partial charge in [-0.3, -0.25) is 9.59 Å². The molecule has 0 fully saturated rings. The van der Waals surface area contributed by atoms with Crippen molar-refractivity contribution in [2.45, 2.75) is 31.6 Å². The number of fused-ring (bicyclic) bond motifs is 2. The van der Waals surface area contributed by atoms with Crippen LogP contribution in [0.2, 0.25) is 0 Å². The summed E-state index contributed by atoms with van der Waals surface area (Å²) in [6, 6.07) is 6.34. The van der Waals surface area contributed by atoms with Crippen LogP contribution in [0.4, 0.5) is 0 Å². The highest BCUT2D eigenvalue weighted by Gasteiger charge is 2.62. The van der Waals surface area contributed by atoms with Gasteiger partial charge in [0.15, 0.2) is 0 Å². The molecule has 3 N–H and O–H groups in total. The zero-order valence-corrected chi connectivity index (χ0v) is 18.0. The van der Waals surface area contributed by atoms with Crippen LogP contribution < -0.4 is 15.8 Å². The lowest BCUT2D eigenvalue weighted by atomic mass is 9.67. The number of hydrogen-bond acceptors (Lipinski definition) is 9. The third kappa shape index (κ3) is 3.57. The number of rotatable bonds is 7. The number of nitrogens with one attached hydrogen (secondary N) is 1. The average molecular weight is 444 g/mol. The second-order valence-corrected chi connectivity index (χ2v) is 7.13. The maximum absolute atomic E-state index is 13.5. The Morgan fingerprint density at radius 3 is 2.47 bits per heavy atom. The Balaban J connectivity index is 2.31. The van der Waals surface area contributed by atoms with E-state index < -0.39 is 35.7 Å². The molecule has 10 heteroatoms. The summed E-state index contributed by atoms with van der Waals surface area (Å²) in [7, 11) is 2.30. The van der Waals surface area contributed by atoms with E-state index in [1.165, 1.54) is 13.2 Å². The molecular weight excluding hydrogens is 420 g/mol. The van der Waals surface area contributed by atoms with Crippen molar-refractivity contribution in [2.75, 3.05) is 20.8 Å². The summed E-state index contributed by atoms with van der Waals surface area (Å²) >= 11 is 0. The molecule has 2 aliphatic rings. The molecule has 32 heavy (non-hydrogen) atoms. The number of ether oxygens (including phenoxy) is 4. The highest BCUT2D eigenvalue weighted by molar-refractivity contribution is 6.17. The average Bonchev–Trinajstić information content (AvgIpc) is 3.04. The van der Waals surface area contributed by atoms with Gasteiger partial charge in [-0.25, -0.2) is 9.59 Å². The molecule has 0 saturated heterocycles. The minimum atomic E-state index is -2.03. The lowest BCUT2D eigenvalue weighted by Crippen LogP contribution is -2.49. The first kappa shape index (κ1) is 22.9. The van der Waals surface area contributed by atoms with Crippen molar-refractivity contribution < 1.29 is 38.1 Å².